The van der Waals surface area contributed by atoms with Crippen LogP contribution < -0.4 is 10.6 Å². The van der Waals surface area contributed by atoms with Crippen LogP contribution in [0.4, 0.5) is 0 Å². The maximum atomic E-state index is 11.6. The Bertz CT molecular complexity index is 233. The van der Waals surface area contributed by atoms with Crippen molar-refractivity contribution < 1.29 is 9.90 Å². The lowest BCUT2D eigenvalue weighted by molar-refractivity contribution is -0.123. The predicted molar refractivity (Wildman–Crippen MR) is 62.0 cm³/mol. The number of amides is 1. The Kier molecular flexibility index (Phi) is 4.18. The van der Waals surface area contributed by atoms with E-state index in [-0.39, 0.29) is 18.1 Å². The van der Waals surface area contributed by atoms with Crippen molar-refractivity contribution in [2.45, 2.75) is 50.7 Å². The summed E-state index contributed by atoms with van der Waals surface area (Å²) in [6, 6.07) is 0.232. The second-order valence-corrected chi connectivity index (χ2v) is 5.12. The van der Waals surface area contributed by atoms with Crippen molar-refractivity contribution in [2.24, 2.45) is 5.92 Å². The third kappa shape index (κ3) is 3.46. The van der Waals surface area contributed by atoms with E-state index >= 15 is 0 Å². The molecular weight excluding hydrogens is 204 g/mol. The molecule has 0 aromatic rings. The minimum atomic E-state index is -0.185. The van der Waals surface area contributed by atoms with Crippen molar-refractivity contribution in [3.8, 4) is 0 Å². The van der Waals surface area contributed by atoms with Crippen molar-refractivity contribution in [3.63, 3.8) is 0 Å². The van der Waals surface area contributed by atoms with E-state index in [0.717, 1.165) is 38.3 Å². The lowest BCUT2D eigenvalue weighted by atomic mass is 9.89. The summed E-state index contributed by atoms with van der Waals surface area (Å²) in [5, 5.41) is 15.4. The number of hydrogen-bond acceptors (Lipinski definition) is 3. The van der Waals surface area contributed by atoms with E-state index in [0.29, 0.717) is 6.42 Å². The highest BCUT2D eigenvalue weighted by atomic mass is 16.3. The van der Waals surface area contributed by atoms with Crippen LogP contribution in [0.5, 0.6) is 0 Å². The van der Waals surface area contributed by atoms with Crippen molar-refractivity contribution >= 4 is 5.91 Å². The quantitative estimate of drug-likeness (QED) is 0.650. The lowest BCUT2D eigenvalue weighted by Crippen LogP contribution is -2.46. The van der Waals surface area contributed by atoms with Gasteiger partial charge in [0.2, 0.25) is 5.91 Å². The fraction of sp³-hybridized carbons (Fsp3) is 0.917. The van der Waals surface area contributed by atoms with Gasteiger partial charge < -0.3 is 15.7 Å². The van der Waals surface area contributed by atoms with E-state index in [4.69, 9.17) is 5.11 Å². The molecular formula is C12H22N2O2. The number of piperidine rings is 1. The number of nitrogens with one attached hydrogen (secondary N) is 2. The summed E-state index contributed by atoms with van der Waals surface area (Å²) >= 11 is 0. The average Bonchev–Trinajstić information content (AvgIpc) is 2.26. The Morgan fingerprint density at radius 3 is 2.62 bits per heavy atom. The molecule has 0 bridgehead atoms. The van der Waals surface area contributed by atoms with E-state index < -0.39 is 0 Å². The molecule has 3 N–H and O–H groups in total. The number of hydrogen-bond donors (Lipinski definition) is 3. The first-order valence-corrected chi connectivity index (χ1v) is 6.42. The zero-order valence-corrected chi connectivity index (χ0v) is 9.74. The summed E-state index contributed by atoms with van der Waals surface area (Å²) in [6.07, 6.45) is 5.36. The third-order valence-corrected chi connectivity index (χ3v) is 3.72. The van der Waals surface area contributed by atoms with Gasteiger partial charge in [0.05, 0.1) is 6.10 Å². The zero-order valence-electron chi connectivity index (χ0n) is 9.74. The van der Waals surface area contributed by atoms with Gasteiger partial charge in [0.25, 0.3) is 0 Å². The SMILES string of the molecule is O=C(CCC1CCNCC1)NC1CC(O)C1. The largest absolute Gasteiger partial charge is 0.393 e. The molecule has 0 spiro atoms. The van der Waals surface area contributed by atoms with Crippen LogP contribution in [-0.2, 0) is 4.79 Å². The summed E-state index contributed by atoms with van der Waals surface area (Å²) in [4.78, 5) is 11.6. The fourth-order valence-corrected chi connectivity index (χ4v) is 2.51. The highest BCUT2D eigenvalue weighted by Crippen LogP contribution is 2.21. The van der Waals surface area contributed by atoms with Gasteiger partial charge in [-0.3, -0.25) is 4.79 Å². The molecule has 1 amide bonds. The molecule has 2 fully saturated rings. The molecule has 1 saturated heterocycles. The molecule has 1 saturated carbocycles. The predicted octanol–water partition coefficient (Wildman–Crippen LogP) is 0.406. The number of rotatable bonds is 4. The standard InChI is InChI=1S/C12H22N2O2/c15-11-7-10(8-11)14-12(16)2-1-9-3-5-13-6-4-9/h9-11,13,15H,1-8H2,(H,14,16). The van der Waals surface area contributed by atoms with Crippen LogP contribution in [0.25, 0.3) is 0 Å². The third-order valence-electron chi connectivity index (χ3n) is 3.72. The first-order chi connectivity index (χ1) is 7.74. The molecule has 2 aliphatic rings. The van der Waals surface area contributed by atoms with Gasteiger partial charge in [0, 0.05) is 12.5 Å². The minimum absolute atomic E-state index is 0.162. The molecule has 2 rings (SSSR count). The van der Waals surface area contributed by atoms with Crippen LogP contribution in [0, 0.1) is 5.92 Å². The average molecular weight is 226 g/mol. The van der Waals surface area contributed by atoms with Gasteiger partial charge in [-0.2, -0.15) is 0 Å². The first kappa shape index (κ1) is 11.9. The monoisotopic (exact) mass is 226 g/mol. The summed E-state index contributed by atoms with van der Waals surface area (Å²) < 4.78 is 0. The van der Waals surface area contributed by atoms with Gasteiger partial charge in [0.15, 0.2) is 0 Å². The number of carbonyl (C=O) groups is 1. The molecule has 92 valence electrons. The van der Waals surface area contributed by atoms with Crippen LogP contribution in [0.2, 0.25) is 0 Å². The van der Waals surface area contributed by atoms with Crippen LogP contribution in [-0.4, -0.2) is 36.2 Å². The van der Waals surface area contributed by atoms with Crippen molar-refractivity contribution in [1.29, 1.82) is 0 Å². The van der Waals surface area contributed by atoms with Gasteiger partial charge in [0.1, 0.15) is 0 Å². The summed E-state index contributed by atoms with van der Waals surface area (Å²) in [6.45, 7) is 2.20. The van der Waals surface area contributed by atoms with Gasteiger partial charge >= 0.3 is 0 Å². The molecule has 0 radical (unpaired) electrons. The van der Waals surface area contributed by atoms with Crippen LogP contribution >= 0.6 is 0 Å². The molecule has 16 heavy (non-hydrogen) atoms. The van der Waals surface area contributed by atoms with Crippen LogP contribution in [0.1, 0.15) is 38.5 Å². The topological polar surface area (TPSA) is 61.4 Å². The van der Waals surface area contributed by atoms with Crippen molar-refractivity contribution in [3.05, 3.63) is 0 Å². The summed E-state index contributed by atoms with van der Waals surface area (Å²) in [5.41, 5.74) is 0. The van der Waals surface area contributed by atoms with Crippen LogP contribution in [0.3, 0.4) is 0 Å². The lowest BCUT2D eigenvalue weighted by Gasteiger charge is -2.32. The fourth-order valence-electron chi connectivity index (χ4n) is 2.51. The Hall–Kier alpha value is -0.610. The molecule has 0 aromatic heterocycles. The normalized spacial score (nSPS) is 30.8. The highest BCUT2D eigenvalue weighted by Gasteiger charge is 2.28. The zero-order chi connectivity index (χ0) is 11.4. The summed E-state index contributed by atoms with van der Waals surface area (Å²) in [7, 11) is 0. The van der Waals surface area contributed by atoms with Crippen LogP contribution in [0.15, 0.2) is 0 Å². The Morgan fingerprint density at radius 1 is 1.31 bits per heavy atom. The number of aliphatic hydroxyl groups excluding tert-OH is 1. The Morgan fingerprint density at radius 2 is 2.00 bits per heavy atom. The Balaban J connectivity index is 1.56. The van der Waals surface area contributed by atoms with Crippen molar-refractivity contribution in [2.75, 3.05) is 13.1 Å². The molecule has 4 nitrogen and oxygen atoms in total. The Labute approximate surface area is 96.8 Å². The van der Waals surface area contributed by atoms with Gasteiger partial charge in [-0.25, -0.2) is 0 Å². The maximum absolute atomic E-state index is 11.6. The molecule has 0 unspecified atom stereocenters. The second kappa shape index (κ2) is 5.64. The second-order valence-electron chi connectivity index (χ2n) is 5.12. The van der Waals surface area contributed by atoms with Gasteiger partial charge in [-0.1, -0.05) is 0 Å². The van der Waals surface area contributed by atoms with E-state index in [9.17, 15) is 4.79 Å². The summed E-state index contributed by atoms with van der Waals surface area (Å²) in [5.74, 6) is 0.884. The first-order valence-electron chi connectivity index (χ1n) is 6.42. The van der Waals surface area contributed by atoms with E-state index in [1.807, 2.05) is 0 Å². The van der Waals surface area contributed by atoms with Gasteiger partial charge in [-0.15, -0.1) is 0 Å². The van der Waals surface area contributed by atoms with Crippen molar-refractivity contribution in [1.82, 2.24) is 10.6 Å². The maximum Gasteiger partial charge on any atom is 0.220 e. The number of carbonyl (C=O) groups excluding carboxylic acids is 1. The molecule has 1 aliphatic heterocycles. The van der Waals surface area contributed by atoms with E-state index in [1.54, 1.807) is 0 Å². The molecule has 1 heterocycles. The molecule has 1 aliphatic carbocycles. The van der Waals surface area contributed by atoms with E-state index in [2.05, 4.69) is 10.6 Å². The number of aliphatic hydroxyl groups is 1. The minimum Gasteiger partial charge on any atom is -0.393 e. The smallest absolute Gasteiger partial charge is 0.220 e. The van der Waals surface area contributed by atoms with Gasteiger partial charge in [-0.05, 0) is 51.1 Å². The van der Waals surface area contributed by atoms with E-state index in [1.165, 1.54) is 12.8 Å². The molecule has 4 heteroatoms. The molecule has 0 atom stereocenters. The molecule has 0 aromatic carbocycles. The highest BCUT2D eigenvalue weighted by molar-refractivity contribution is 5.76.